The Morgan fingerprint density at radius 3 is 2.69 bits per heavy atom. The van der Waals surface area contributed by atoms with Crippen LogP contribution in [0.25, 0.3) is 0 Å². The van der Waals surface area contributed by atoms with E-state index in [-0.39, 0.29) is 5.54 Å². The molecule has 0 saturated heterocycles. The van der Waals surface area contributed by atoms with E-state index >= 15 is 0 Å². The van der Waals surface area contributed by atoms with E-state index in [4.69, 9.17) is 4.74 Å². The lowest BCUT2D eigenvalue weighted by Gasteiger charge is -2.20. The zero-order valence-corrected chi connectivity index (χ0v) is 10.5. The maximum Gasteiger partial charge on any atom is 0.0591 e. The van der Waals surface area contributed by atoms with Crippen molar-refractivity contribution in [2.24, 2.45) is 0 Å². The average molecular weight is 222 g/mol. The minimum Gasteiger partial charge on any atom is -0.380 e. The first-order chi connectivity index (χ1) is 7.58. The lowest BCUT2D eigenvalue weighted by molar-refractivity contribution is 0.133. The Kier molecular flexibility index (Phi) is 5.43. The first-order valence-electron chi connectivity index (χ1n) is 5.80. The van der Waals surface area contributed by atoms with Crippen molar-refractivity contribution in [1.82, 2.24) is 10.3 Å². The minimum absolute atomic E-state index is 0.171. The summed E-state index contributed by atoms with van der Waals surface area (Å²) >= 11 is 0. The highest BCUT2D eigenvalue weighted by Crippen LogP contribution is 1.97. The summed E-state index contributed by atoms with van der Waals surface area (Å²) in [5.74, 6) is 0. The van der Waals surface area contributed by atoms with E-state index in [0.29, 0.717) is 0 Å². The van der Waals surface area contributed by atoms with Crippen molar-refractivity contribution < 1.29 is 4.74 Å². The van der Waals surface area contributed by atoms with Gasteiger partial charge in [-0.2, -0.15) is 0 Å². The number of aromatic nitrogens is 1. The second kappa shape index (κ2) is 6.61. The van der Waals surface area contributed by atoms with E-state index in [0.717, 1.165) is 31.9 Å². The average Bonchev–Trinajstić information content (AvgIpc) is 2.23. The summed E-state index contributed by atoms with van der Waals surface area (Å²) in [7, 11) is 0. The van der Waals surface area contributed by atoms with Crippen molar-refractivity contribution >= 4 is 0 Å². The van der Waals surface area contributed by atoms with Crippen molar-refractivity contribution in [2.45, 2.75) is 32.7 Å². The largest absolute Gasteiger partial charge is 0.380 e. The molecule has 0 spiro atoms. The van der Waals surface area contributed by atoms with Gasteiger partial charge >= 0.3 is 0 Å². The molecule has 0 atom stereocenters. The molecule has 1 N–H and O–H groups in total. The summed E-state index contributed by atoms with van der Waals surface area (Å²) in [6, 6.07) is 5.96. The van der Waals surface area contributed by atoms with Crippen LogP contribution in [0.4, 0.5) is 0 Å². The van der Waals surface area contributed by atoms with Crippen LogP contribution in [0.15, 0.2) is 24.4 Å². The Morgan fingerprint density at radius 1 is 1.25 bits per heavy atom. The van der Waals surface area contributed by atoms with Crippen LogP contribution < -0.4 is 5.32 Å². The van der Waals surface area contributed by atoms with Gasteiger partial charge in [-0.05, 0) is 32.9 Å². The third-order valence-corrected chi connectivity index (χ3v) is 2.13. The SMILES string of the molecule is CC(C)(C)NCCOCCc1ccccn1. The van der Waals surface area contributed by atoms with Crippen molar-refractivity contribution in [3.63, 3.8) is 0 Å². The monoisotopic (exact) mass is 222 g/mol. The van der Waals surface area contributed by atoms with Gasteiger partial charge in [0.15, 0.2) is 0 Å². The van der Waals surface area contributed by atoms with Gasteiger partial charge in [-0.15, -0.1) is 0 Å². The number of pyridine rings is 1. The molecule has 0 radical (unpaired) electrons. The van der Waals surface area contributed by atoms with Crippen molar-refractivity contribution in [2.75, 3.05) is 19.8 Å². The van der Waals surface area contributed by atoms with Gasteiger partial charge in [-0.25, -0.2) is 0 Å². The molecule has 16 heavy (non-hydrogen) atoms. The number of nitrogens with zero attached hydrogens (tertiary/aromatic N) is 1. The molecule has 0 aliphatic rings. The fourth-order valence-electron chi connectivity index (χ4n) is 1.32. The predicted molar refractivity (Wildman–Crippen MR) is 66.5 cm³/mol. The second-order valence-corrected chi connectivity index (χ2v) is 4.86. The number of hydrogen-bond acceptors (Lipinski definition) is 3. The van der Waals surface area contributed by atoms with E-state index in [1.807, 2.05) is 24.4 Å². The quantitative estimate of drug-likeness (QED) is 0.748. The molecule has 0 aliphatic heterocycles. The summed E-state index contributed by atoms with van der Waals surface area (Å²) in [6.07, 6.45) is 2.70. The fourth-order valence-corrected chi connectivity index (χ4v) is 1.32. The molecule has 0 aromatic carbocycles. The van der Waals surface area contributed by atoms with Crippen molar-refractivity contribution in [3.05, 3.63) is 30.1 Å². The minimum atomic E-state index is 0.171. The molecule has 3 heteroatoms. The van der Waals surface area contributed by atoms with Crippen molar-refractivity contribution in [1.29, 1.82) is 0 Å². The van der Waals surface area contributed by atoms with Crippen LogP contribution in [0.2, 0.25) is 0 Å². The molecule has 1 aromatic rings. The van der Waals surface area contributed by atoms with Gasteiger partial charge in [-0.3, -0.25) is 4.98 Å². The molecular formula is C13H22N2O. The van der Waals surface area contributed by atoms with Crippen LogP contribution in [0.1, 0.15) is 26.5 Å². The van der Waals surface area contributed by atoms with Crippen LogP contribution in [0.5, 0.6) is 0 Å². The molecule has 0 amide bonds. The molecule has 0 unspecified atom stereocenters. The van der Waals surface area contributed by atoms with Crippen LogP contribution in [-0.4, -0.2) is 30.3 Å². The summed E-state index contributed by atoms with van der Waals surface area (Å²) in [5, 5.41) is 3.38. The first kappa shape index (κ1) is 13.1. The Labute approximate surface area is 98.2 Å². The smallest absolute Gasteiger partial charge is 0.0591 e. The third kappa shape index (κ3) is 6.53. The third-order valence-electron chi connectivity index (χ3n) is 2.13. The van der Waals surface area contributed by atoms with Crippen molar-refractivity contribution in [3.8, 4) is 0 Å². The topological polar surface area (TPSA) is 34.1 Å². The molecular weight excluding hydrogens is 200 g/mol. The van der Waals surface area contributed by atoms with Crippen LogP contribution >= 0.6 is 0 Å². The highest BCUT2D eigenvalue weighted by atomic mass is 16.5. The highest BCUT2D eigenvalue weighted by Gasteiger charge is 2.06. The van der Waals surface area contributed by atoms with Gasteiger partial charge < -0.3 is 10.1 Å². The summed E-state index contributed by atoms with van der Waals surface area (Å²) in [5.41, 5.74) is 1.26. The lowest BCUT2D eigenvalue weighted by atomic mass is 10.1. The summed E-state index contributed by atoms with van der Waals surface area (Å²) in [4.78, 5) is 4.24. The molecule has 1 rings (SSSR count). The van der Waals surface area contributed by atoms with Gasteiger partial charge in [0.05, 0.1) is 13.2 Å². The molecule has 0 saturated carbocycles. The zero-order valence-electron chi connectivity index (χ0n) is 10.5. The van der Waals surface area contributed by atoms with Gasteiger partial charge in [0.25, 0.3) is 0 Å². The van der Waals surface area contributed by atoms with E-state index in [9.17, 15) is 0 Å². The summed E-state index contributed by atoms with van der Waals surface area (Å²) in [6.45, 7) is 8.85. The Bertz CT molecular complexity index is 280. The van der Waals surface area contributed by atoms with Gasteiger partial charge in [0, 0.05) is 30.4 Å². The second-order valence-electron chi connectivity index (χ2n) is 4.86. The summed E-state index contributed by atoms with van der Waals surface area (Å²) < 4.78 is 5.53. The Morgan fingerprint density at radius 2 is 2.06 bits per heavy atom. The standard InChI is InChI=1S/C13H22N2O/c1-13(2,3)15-9-11-16-10-7-12-6-4-5-8-14-12/h4-6,8,15H,7,9-11H2,1-3H3. The zero-order chi connectivity index (χ0) is 11.9. The number of rotatable bonds is 6. The number of ether oxygens (including phenoxy) is 1. The molecule has 3 nitrogen and oxygen atoms in total. The van der Waals surface area contributed by atoms with E-state index in [1.165, 1.54) is 0 Å². The van der Waals surface area contributed by atoms with E-state index in [1.54, 1.807) is 0 Å². The molecule has 1 heterocycles. The Hall–Kier alpha value is -0.930. The van der Waals surface area contributed by atoms with E-state index < -0.39 is 0 Å². The lowest BCUT2D eigenvalue weighted by Crippen LogP contribution is -2.38. The first-order valence-corrected chi connectivity index (χ1v) is 5.80. The fraction of sp³-hybridized carbons (Fsp3) is 0.615. The van der Waals surface area contributed by atoms with Crippen LogP contribution in [0.3, 0.4) is 0 Å². The molecule has 0 fully saturated rings. The normalized spacial score (nSPS) is 11.7. The predicted octanol–water partition coefficient (Wildman–Crippen LogP) is 2.03. The molecule has 0 aliphatic carbocycles. The maximum atomic E-state index is 5.53. The molecule has 1 aromatic heterocycles. The van der Waals surface area contributed by atoms with Gasteiger partial charge in [-0.1, -0.05) is 6.07 Å². The van der Waals surface area contributed by atoms with E-state index in [2.05, 4.69) is 31.1 Å². The Balaban J connectivity index is 2.01. The van der Waals surface area contributed by atoms with Crippen LogP contribution in [0, 0.1) is 0 Å². The highest BCUT2D eigenvalue weighted by molar-refractivity contribution is 5.03. The number of nitrogens with one attached hydrogen (secondary N) is 1. The van der Waals surface area contributed by atoms with Gasteiger partial charge in [0.1, 0.15) is 0 Å². The molecule has 0 bridgehead atoms. The van der Waals surface area contributed by atoms with Crippen LogP contribution in [-0.2, 0) is 11.2 Å². The number of hydrogen-bond donors (Lipinski definition) is 1. The molecule has 90 valence electrons. The van der Waals surface area contributed by atoms with Gasteiger partial charge in [0.2, 0.25) is 0 Å². The maximum absolute atomic E-state index is 5.53.